The van der Waals surface area contributed by atoms with E-state index >= 15 is 0 Å². The van der Waals surface area contributed by atoms with Crippen molar-refractivity contribution in [3.8, 4) is 5.88 Å². The third-order valence-corrected chi connectivity index (χ3v) is 2.84. The van der Waals surface area contributed by atoms with Crippen molar-refractivity contribution in [1.29, 1.82) is 0 Å². The van der Waals surface area contributed by atoms with Gasteiger partial charge in [0.1, 0.15) is 5.82 Å². The van der Waals surface area contributed by atoms with Gasteiger partial charge in [-0.1, -0.05) is 0 Å². The lowest BCUT2D eigenvalue weighted by atomic mass is 9.99. The Bertz CT molecular complexity index is 633. The summed E-state index contributed by atoms with van der Waals surface area (Å²) in [5.74, 6) is -0.388. The molecule has 3 N–H and O–H groups in total. The molecule has 0 bridgehead atoms. The molecule has 1 amide bonds. The zero-order chi connectivity index (χ0) is 19.3. The number of halogens is 3. The predicted molar refractivity (Wildman–Crippen MR) is 87.4 cm³/mol. The molecule has 140 valence electrons. The highest BCUT2D eigenvalue weighted by Crippen LogP contribution is 2.29. The predicted octanol–water partition coefficient (Wildman–Crippen LogP) is 2.69. The Morgan fingerprint density at radius 1 is 1.36 bits per heavy atom. The number of carbonyl (C=O) groups excluding carboxylic acids is 1. The molecule has 0 aliphatic rings. The van der Waals surface area contributed by atoms with Gasteiger partial charge in [-0.25, -0.2) is 4.79 Å². The van der Waals surface area contributed by atoms with Crippen LogP contribution in [0.25, 0.3) is 0 Å². The summed E-state index contributed by atoms with van der Waals surface area (Å²) in [5, 5.41) is 14.7. The number of aromatic nitrogens is 1. The molecule has 0 saturated carbocycles. The van der Waals surface area contributed by atoms with Gasteiger partial charge in [0.05, 0.1) is 12.2 Å². The maximum absolute atomic E-state index is 12.2. The van der Waals surface area contributed by atoms with Crippen molar-refractivity contribution in [2.24, 2.45) is 0 Å². The SMILES string of the molecule is CCOC(=O)NC(=S)Nc1nc(OCC(F)(F)F)ccc1C(C)(C)O. The minimum atomic E-state index is -4.52. The molecule has 0 aliphatic heterocycles. The Balaban J connectivity index is 2.99. The van der Waals surface area contributed by atoms with Crippen molar-refractivity contribution in [2.45, 2.75) is 32.5 Å². The van der Waals surface area contributed by atoms with E-state index in [4.69, 9.17) is 12.2 Å². The van der Waals surface area contributed by atoms with Crippen LogP contribution in [0, 0.1) is 0 Å². The van der Waals surface area contributed by atoms with E-state index < -0.39 is 24.5 Å². The van der Waals surface area contributed by atoms with E-state index in [0.29, 0.717) is 0 Å². The first kappa shape index (κ1) is 20.9. The molecule has 0 saturated heterocycles. The molecule has 0 aliphatic carbocycles. The van der Waals surface area contributed by atoms with Gasteiger partial charge in [0.15, 0.2) is 11.7 Å². The topological polar surface area (TPSA) is 92.7 Å². The molecule has 25 heavy (non-hydrogen) atoms. The smallest absolute Gasteiger partial charge is 0.422 e. The van der Waals surface area contributed by atoms with E-state index in [0.717, 1.165) is 0 Å². The third-order valence-electron chi connectivity index (χ3n) is 2.64. The molecule has 1 aromatic heterocycles. The van der Waals surface area contributed by atoms with Crippen LogP contribution in [0.1, 0.15) is 26.3 Å². The number of pyridine rings is 1. The van der Waals surface area contributed by atoms with Crippen LogP contribution in [0.4, 0.5) is 23.8 Å². The van der Waals surface area contributed by atoms with Gasteiger partial charge >= 0.3 is 12.3 Å². The lowest BCUT2D eigenvalue weighted by Gasteiger charge is -2.22. The molecule has 0 aromatic carbocycles. The van der Waals surface area contributed by atoms with Crippen LogP contribution in [0.5, 0.6) is 5.88 Å². The van der Waals surface area contributed by atoms with E-state index in [1.807, 2.05) is 0 Å². The number of ether oxygens (including phenoxy) is 2. The van der Waals surface area contributed by atoms with Gasteiger partial charge < -0.3 is 19.9 Å². The normalized spacial score (nSPS) is 11.6. The van der Waals surface area contributed by atoms with E-state index in [2.05, 4.69) is 25.1 Å². The Kier molecular flexibility index (Phi) is 6.94. The number of hydrogen-bond acceptors (Lipinski definition) is 6. The van der Waals surface area contributed by atoms with Crippen LogP contribution in [0.3, 0.4) is 0 Å². The van der Waals surface area contributed by atoms with Crippen LogP contribution in [0.2, 0.25) is 0 Å². The lowest BCUT2D eigenvalue weighted by Crippen LogP contribution is -2.35. The van der Waals surface area contributed by atoms with Gasteiger partial charge in [0.2, 0.25) is 5.88 Å². The largest absolute Gasteiger partial charge is 0.468 e. The molecule has 7 nitrogen and oxygen atoms in total. The summed E-state index contributed by atoms with van der Waals surface area (Å²) in [4.78, 5) is 15.2. The van der Waals surface area contributed by atoms with Crippen LogP contribution in [-0.2, 0) is 10.3 Å². The van der Waals surface area contributed by atoms with Gasteiger partial charge in [0, 0.05) is 11.6 Å². The fourth-order valence-corrected chi connectivity index (χ4v) is 1.85. The number of carbonyl (C=O) groups is 1. The average molecular weight is 381 g/mol. The first-order chi connectivity index (χ1) is 11.4. The van der Waals surface area contributed by atoms with E-state index in [1.165, 1.54) is 26.0 Å². The second-order valence-corrected chi connectivity index (χ2v) is 5.72. The number of hydrogen-bond donors (Lipinski definition) is 3. The van der Waals surface area contributed by atoms with Crippen LogP contribution in [-0.4, -0.2) is 40.7 Å². The van der Waals surface area contributed by atoms with Crippen molar-refractivity contribution < 1.29 is 32.5 Å². The molecule has 1 heterocycles. The van der Waals surface area contributed by atoms with Gasteiger partial charge in [-0.15, -0.1) is 0 Å². The molecule has 0 atom stereocenters. The van der Waals surface area contributed by atoms with Crippen molar-refractivity contribution in [1.82, 2.24) is 10.3 Å². The standard InChI is InChI=1S/C14H18F3N3O4S/c1-4-23-12(21)20-11(25)19-10-8(13(2,3)22)5-6-9(18-10)24-7-14(15,16)17/h5-6,22H,4,7H2,1-3H3,(H2,18,19,20,21,25). The summed E-state index contributed by atoms with van der Waals surface area (Å²) in [5.41, 5.74) is -1.14. The molecule has 11 heteroatoms. The third kappa shape index (κ3) is 7.52. The monoisotopic (exact) mass is 381 g/mol. The maximum Gasteiger partial charge on any atom is 0.422 e. The number of alkyl carbamates (subject to hydrolysis) is 1. The number of thiocarbonyl (C=S) groups is 1. The summed E-state index contributed by atoms with van der Waals surface area (Å²) in [6, 6.07) is 2.53. The Hall–Kier alpha value is -2.14. The van der Waals surface area contributed by atoms with Gasteiger partial charge in [-0.2, -0.15) is 18.2 Å². The van der Waals surface area contributed by atoms with E-state index in [9.17, 15) is 23.1 Å². The number of anilines is 1. The lowest BCUT2D eigenvalue weighted by molar-refractivity contribution is -0.154. The zero-order valence-electron chi connectivity index (χ0n) is 13.7. The molecule has 0 spiro atoms. The quantitative estimate of drug-likeness (QED) is 0.676. The number of alkyl halides is 3. The molecule has 0 fully saturated rings. The molecule has 1 rings (SSSR count). The second-order valence-electron chi connectivity index (χ2n) is 5.31. The van der Waals surface area contributed by atoms with E-state index in [-0.39, 0.29) is 29.0 Å². The fraction of sp³-hybridized carbons (Fsp3) is 0.500. The summed E-state index contributed by atoms with van der Waals surface area (Å²) in [7, 11) is 0. The average Bonchev–Trinajstić information content (AvgIpc) is 2.43. The van der Waals surface area contributed by atoms with Crippen LogP contribution >= 0.6 is 12.2 Å². The summed E-state index contributed by atoms with van der Waals surface area (Å²) in [6.07, 6.45) is -5.33. The summed E-state index contributed by atoms with van der Waals surface area (Å²) < 4.78 is 46.0. The highest BCUT2D eigenvalue weighted by molar-refractivity contribution is 7.80. The molecular weight excluding hydrogens is 363 g/mol. The molecule has 0 unspecified atom stereocenters. The number of amides is 1. The summed E-state index contributed by atoms with van der Waals surface area (Å²) >= 11 is 4.91. The second kappa shape index (κ2) is 8.30. The van der Waals surface area contributed by atoms with E-state index in [1.54, 1.807) is 6.92 Å². The van der Waals surface area contributed by atoms with Crippen molar-refractivity contribution in [3.63, 3.8) is 0 Å². The Labute approximate surface area is 147 Å². The van der Waals surface area contributed by atoms with Gasteiger partial charge in [0.25, 0.3) is 0 Å². The van der Waals surface area contributed by atoms with Crippen molar-refractivity contribution in [2.75, 3.05) is 18.5 Å². The van der Waals surface area contributed by atoms with Crippen LogP contribution in [0.15, 0.2) is 12.1 Å². The number of nitrogens with zero attached hydrogens (tertiary/aromatic N) is 1. The molecule has 0 radical (unpaired) electrons. The van der Waals surface area contributed by atoms with Crippen molar-refractivity contribution in [3.05, 3.63) is 17.7 Å². The molecular formula is C14H18F3N3O4S. The van der Waals surface area contributed by atoms with Gasteiger partial charge in [-0.05, 0) is 39.1 Å². The summed E-state index contributed by atoms with van der Waals surface area (Å²) in [6.45, 7) is 3.11. The number of rotatable bonds is 5. The maximum atomic E-state index is 12.2. The minimum absolute atomic E-state index is 0.0611. The molecule has 1 aromatic rings. The first-order valence-corrected chi connectivity index (χ1v) is 7.51. The highest BCUT2D eigenvalue weighted by atomic mass is 32.1. The number of nitrogens with one attached hydrogen (secondary N) is 2. The van der Waals surface area contributed by atoms with Crippen LogP contribution < -0.4 is 15.4 Å². The van der Waals surface area contributed by atoms with Gasteiger partial charge in [-0.3, -0.25) is 5.32 Å². The Morgan fingerprint density at radius 3 is 2.52 bits per heavy atom. The minimum Gasteiger partial charge on any atom is -0.468 e. The first-order valence-electron chi connectivity index (χ1n) is 7.10. The highest BCUT2D eigenvalue weighted by Gasteiger charge is 2.29. The Morgan fingerprint density at radius 2 is 2.00 bits per heavy atom. The zero-order valence-corrected chi connectivity index (χ0v) is 14.5. The fourth-order valence-electron chi connectivity index (χ4n) is 1.67. The number of aliphatic hydroxyl groups is 1. The van der Waals surface area contributed by atoms with Crippen molar-refractivity contribution >= 4 is 29.2 Å².